The van der Waals surface area contributed by atoms with Gasteiger partial charge in [0.25, 0.3) is 5.91 Å². The van der Waals surface area contributed by atoms with Gasteiger partial charge in [0.2, 0.25) is 0 Å². The molecule has 1 aromatic heterocycles. The Bertz CT molecular complexity index is 709. The van der Waals surface area contributed by atoms with Gasteiger partial charge >= 0.3 is 0 Å². The Morgan fingerprint density at radius 2 is 1.84 bits per heavy atom. The van der Waals surface area contributed by atoms with E-state index in [1.54, 1.807) is 0 Å². The van der Waals surface area contributed by atoms with Gasteiger partial charge in [0, 0.05) is 36.4 Å². The molecule has 1 amide bonds. The summed E-state index contributed by atoms with van der Waals surface area (Å²) in [5, 5.41) is 7.30. The van der Waals surface area contributed by atoms with Gasteiger partial charge in [0.1, 0.15) is 5.76 Å². The first-order valence-electron chi connectivity index (χ1n) is 8.64. The molecule has 2 atom stereocenters. The highest BCUT2D eigenvalue weighted by Crippen LogP contribution is 2.18. The molecule has 1 saturated heterocycles. The Kier molecular flexibility index (Phi) is 5.08. The van der Waals surface area contributed by atoms with E-state index in [0.717, 1.165) is 22.7 Å². The third-order valence-corrected chi connectivity index (χ3v) is 4.49. The maximum absolute atomic E-state index is 12.7. The van der Waals surface area contributed by atoms with Crippen LogP contribution in [-0.4, -0.2) is 41.3 Å². The summed E-state index contributed by atoms with van der Waals surface area (Å²) >= 11 is 0. The van der Waals surface area contributed by atoms with Gasteiger partial charge < -0.3 is 19.5 Å². The molecule has 0 saturated carbocycles. The van der Waals surface area contributed by atoms with E-state index in [-0.39, 0.29) is 18.1 Å². The highest BCUT2D eigenvalue weighted by atomic mass is 16.5. The quantitative estimate of drug-likeness (QED) is 0.924. The molecule has 6 heteroatoms. The summed E-state index contributed by atoms with van der Waals surface area (Å²) in [4.78, 5) is 14.5. The predicted octanol–water partition coefficient (Wildman–Crippen LogP) is 3.15. The molecule has 2 aromatic rings. The number of carbonyl (C=O) groups excluding carboxylic acids is 1. The Morgan fingerprint density at radius 3 is 2.40 bits per heavy atom. The number of aromatic nitrogens is 1. The van der Waals surface area contributed by atoms with Crippen molar-refractivity contribution in [1.29, 1.82) is 0 Å². The first-order chi connectivity index (χ1) is 11.9. The van der Waals surface area contributed by atoms with E-state index in [2.05, 4.69) is 10.5 Å². The van der Waals surface area contributed by atoms with E-state index in [9.17, 15) is 4.79 Å². The average Bonchev–Trinajstić information content (AvgIpc) is 2.90. The Morgan fingerprint density at radius 1 is 1.20 bits per heavy atom. The van der Waals surface area contributed by atoms with Crippen LogP contribution in [0.15, 0.2) is 28.8 Å². The van der Waals surface area contributed by atoms with Crippen LogP contribution in [0, 0.1) is 13.8 Å². The number of nitrogens with zero attached hydrogens (tertiary/aromatic N) is 2. The van der Waals surface area contributed by atoms with Crippen LogP contribution in [0.4, 0.5) is 5.69 Å². The highest BCUT2D eigenvalue weighted by Gasteiger charge is 2.26. The van der Waals surface area contributed by atoms with Gasteiger partial charge in [-0.3, -0.25) is 4.79 Å². The minimum absolute atomic E-state index is 0.0549. The molecule has 0 radical (unpaired) electrons. The van der Waals surface area contributed by atoms with Crippen LogP contribution in [0.25, 0.3) is 0 Å². The standard InChI is InChI=1S/C19H25N3O3/c1-12-10-22(11-13(2)24-12)19(23)16-5-7-17(8-6-16)20-9-18-14(3)21-25-15(18)4/h5-8,12-13,20H,9-11H2,1-4H3/t12-,13-/m0/s1. The lowest BCUT2D eigenvalue weighted by Crippen LogP contribution is -2.48. The molecule has 6 nitrogen and oxygen atoms in total. The number of rotatable bonds is 4. The van der Waals surface area contributed by atoms with Crippen LogP contribution < -0.4 is 5.32 Å². The Hall–Kier alpha value is -2.34. The molecule has 3 rings (SSSR count). The second-order valence-electron chi connectivity index (χ2n) is 6.70. The normalized spacial score (nSPS) is 20.6. The number of ether oxygens (including phenoxy) is 1. The number of nitrogens with one attached hydrogen (secondary N) is 1. The topological polar surface area (TPSA) is 67.6 Å². The number of carbonyl (C=O) groups is 1. The maximum Gasteiger partial charge on any atom is 0.254 e. The summed E-state index contributed by atoms with van der Waals surface area (Å²) in [5.74, 6) is 0.881. The summed E-state index contributed by atoms with van der Waals surface area (Å²) in [7, 11) is 0. The van der Waals surface area contributed by atoms with Crippen LogP contribution in [0.5, 0.6) is 0 Å². The monoisotopic (exact) mass is 343 g/mol. The van der Waals surface area contributed by atoms with Crippen LogP contribution >= 0.6 is 0 Å². The van der Waals surface area contributed by atoms with E-state index < -0.39 is 0 Å². The van der Waals surface area contributed by atoms with Crippen molar-refractivity contribution < 1.29 is 14.1 Å². The van der Waals surface area contributed by atoms with Crippen molar-refractivity contribution in [2.75, 3.05) is 18.4 Å². The number of morpholine rings is 1. The summed E-state index contributed by atoms with van der Waals surface area (Å²) in [6, 6.07) is 7.59. The van der Waals surface area contributed by atoms with E-state index in [1.807, 2.05) is 56.9 Å². The van der Waals surface area contributed by atoms with Crippen molar-refractivity contribution in [3.63, 3.8) is 0 Å². The maximum atomic E-state index is 12.7. The second-order valence-corrected chi connectivity index (χ2v) is 6.70. The van der Waals surface area contributed by atoms with Crippen molar-refractivity contribution in [2.24, 2.45) is 0 Å². The van der Waals surface area contributed by atoms with E-state index in [1.165, 1.54) is 0 Å². The van der Waals surface area contributed by atoms with Gasteiger partial charge in [0.05, 0.1) is 17.9 Å². The number of anilines is 1. The molecule has 1 fully saturated rings. The first-order valence-corrected chi connectivity index (χ1v) is 8.64. The summed E-state index contributed by atoms with van der Waals surface area (Å²) < 4.78 is 10.9. The smallest absolute Gasteiger partial charge is 0.254 e. The summed E-state index contributed by atoms with van der Waals surface area (Å²) in [6.45, 7) is 9.75. The average molecular weight is 343 g/mol. The number of hydrogen-bond acceptors (Lipinski definition) is 5. The fourth-order valence-electron chi connectivity index (χ4n) is 3.20. The van der Waals surface area contributed by atoms with Gasteiger partial charge in [-0.05, 0) is 52.0 Å². The molecule has 1 N–H and O–H groups in total. The first kappa shape index (κ1) is 17.5. The zero-order valence-electron chi connectivity index (χ0n) is 15.2. The van der Waals surface area contributed by atoms with Gasteiger partial charge in [-0.15, -0.1) is 0 Å². The van der Waals surface area contributed by atoms with Gasteiger partial charge in [-0.2, -0.15) is 0 Å². The molecule has 0 unspecified atom stereocenters. The molecule has 1 aliphatic rings. The van der Waals surface area contributed by atoms with Crippen molar-refractivity contribution >= 4 is 11.6 Å². The number of hydrogen-bond donors (Lipinski definition) is 1. The van der Waals surface area contributed by atoms with Crippen molar-refractivity contribution in [3.05, 3.63) is 46.8 Å². The lowest BCUT2D eigenvalue weighted by molar-refractivity contribution is -0.0586. The van der Waals surface area contributed by atoms with E-state index in [0.29, 0.717) is 25.2 Å². The minimum atomic E-state index is 0.0549. The Labute approximate surface area is 148 Å². The fraction of sp³-hybridized carbons (Fsp3) is 0.474. The third kappa shape index (κ3) is 4.02. The number of benzene rings is 1. The zero-order chi connectivity index (χ0) is 18.0. The lowest BCUT2D eigenvalue weighted by atomic mass is 10.1. The third-order valence-electron chi connectivity index (χ3n) is 4.49. The van der Waals surface area contributed by atoms with Crippen molar-refractivity contribution in [1.82, 2.24) is 10.1 Å². The SMILES string of the molecule is Cc1noc(C)c1CNc1ccc(C(=O)N2C[C@H](C)O[C@@H](C)C2)cc1. The molecular formula is C19H25N3O3. The highest BCUT2D eigenvalue weighted by molar-refractivity contribution is 5.94. The molecule has 1 aromatic carbocycles. The number of amides is 1. The van der Waals surface area contributed by atoms with Gasteiger partial charge in [-0.25, -0.2) is 0 Å². The van der Waals surface area contributed by atoms with E-state index in [4.69, 9.17) is 9.26 Å². The van der Waals surface area contributed by atoms with Crippen LogP contribution in [-0.2, 0) is 11.3 Å². The Balaban J connectivity index is 1.63. The predicted molar refractivity (Wildman–Crippen MR) is 95.7 cm³/mol. The fourth-order valence-corrected chi connectivity index (χ4v) is 3.20. The molecule has 0 bridgehead atoms. The molecule has 134 valence electrons. The molecule has 2 heterocycles. The molecular weight excluding hydrogens is 318 g/mol. The van der Waals surface area contributed by atoms with Gasteiger partial charge in [0.15, 0.2) is 0 Å². The van der Waals surface area contributed by atoms with Crippen LogP contribution in [0.2, 0.25) is 0 Å². The lowest BCUT2D eigenvalue weighted by Gasteiger charge is -2.35. The summed E-state index contributed by atoms with van der Waals surface area (Å²) in [6.07, 6.45) is 0.146. The van der Waals surface area contributed by atoms with E-state index >= 15 is 0 Å². The van der Waals surface area contributed by atoms with Crippen LogP contribution in [0.1, 0.15) is 41.2 Å². The van der Waals surface area contributed by atoms with Crippen molar-refractivity contribution in [3.8, 4) is 0 Å². The number of aryl methyl sites for hydroxylation is 2. The van der Waals surface area contributed by atoms with Gasteiger partial charge in [-0.1, -0.05) is 5.16 Å². The zero-order valence-corrected chi connectivity index (χ0v) is 15.2. The molecule has 25 heavy (non-hydrogen) atoms. The largest absolute Gasteiger partial charge is 0.381 e. The van der Waals surface area contributed by atoms with Crippen LogP contribution in [0.3, 0.4) is 0 Å². The summed E-state index contributed by atoms with van der Waals surface area (Å²) in [5.41, 5.74) is 3.62. The molecule has 0 spiro atoms. The molecule has 1 aliphatic heterocycles. The second kappa shape index (κ2) is 7.27. The molecule has 0 aliphatic carbocycles. The van der Waals surface area contributed by atoms with Crippen molar-refractivity contribution in [2.45, 2.75) is 46.4 Å². The minimum Gasteiger partial charge on any atom is -0.381 e.